The van der Waals surface area contributed by atoms with E-state index in [0.717, 1.165) is 41.2 Å². The zero-order valence-electron chi connectivity index (χ0n) is 30.9. The van der Waals surface area contributed by atoms with Crippen LogP contribution in [0.5, 0.6) is 0 Å². The Bertz CT molecular complexity index is 2700. The van der Waals surface area contributed by atoms with E-state index in [0.29, 0.717) is 0 Å². The van der Waals surface area contributed by atoms with E-state index in [-0.39, 0.29) is 10.8 Å². The van der Waals surface area contributed by atoms with Crippen molar-refractivity contribution in [1.82, 2.24) is 9.88 Å². The Hall–Kier alpha value is -5.74. The average Bonchev–Trinajstić information content (AvgIpc) is 3.53. The molecule has 0 fully saturated rings. The van der Waals surface area contributed by atoms with Crippen molar-refractivity contribution in [3.63, 3.8) is 0 Å². The average molecular weight is 689 g/mol. The highest BCUT2D eigenvalue weighted by atomic mass is 15.2. The molecule has 2 aliphatic carbocycles. The minimum atomic E-state index is -0.397. The Morgan fingerprint density at radius 1 is 0.660 bits per heavy atom. The Morgan fingerprint density at radius 2 is 1.43 bits per heavy atom. The SMILES string of the molecule is CC1(C)CCC(C)(C)c2c1ccc1c3c(n(-c4ccc5ccc(C6N=C(c7ccccc7)NC(c7cccc8ccccc78)=N6)cc5c4)c21)C=CCC3. The minimum absolute atomic E-state index is 0.0834. The van der Waals surface area contributed by atoms with Gasteiger partial charge in [0.15, 0.2) is 6.17 Å². The van der Waals surface area contributed by atoms with Crippen LogP contribution in [0.2, 0.25) is 0 Å². The Kier molecular flexibility index (Phi) is 7.17. The summed E-state index contributed by atoms with van der Waals surface area (Å²) in [5.74, 6) is 1.66. The van der Waals surface area contributed by atoms with Crippen molar-refractivity contribution in [1.29, 1.82) is 0 Å². The van der Waals surface area contributed by atoms with Gasteiger partial charge in [0.05, 0.1) is 5.52 Å². The third-order valence-corrected chi connectivity index (χ3v) is 12.1. The van der Waals surface area contributed by atoms with Gasteiger partial charge in [-0.15, -0.1) is 0 Å². The van der Waals surface area contributed by atoms with Crippen LogP contribution in [0.3, 0.4) is 0 Å². The lowest BCUT2D eigenvalue weighted by Gasteiger charge is -2.42. The van der Waals surface area contributed by atoms with Crippen molar-refractivity contribution in [3.8, 4) is 5.69 Å². The molecule has 1 N–H and O–H groups in total. The van der Waals surface area contributed by atoms with Crippen molar-refractivity contribution in [2.45, 2.75) is 70.4 Å². The van der Waals surface area contributed by atoms with Crippen LogP contribution in [0.4, 0.5) is 0 Å². The van der Waals surface area contributed by atoms with Crippen LogP contribution in [0, 0.1) is 0 Å². The summed E-state index contributed by atoms with van der Waals surface area (Å²) in [4.78, 5) is 10.5. The van der Waals surface area contributed by atoms with Crippen LogP contribution < -0.4 is 5.32 Å². The maximum atomic E-state index is 5.31. The summed E-state index contributed by atoms with van der Waals surface area (Å²) >= 11 is 0. The molecule has 0 saturated carbocycles. The first-order chi connectivity index (χ1) is 25.7. The second-order valence-electron chi connectivity index (χ2n) is 16.4. The van der Waals surface area contributed by atoms with E-state index in [4.69, 9.17) is 9.98 Å². The van der Waals surface area contributed by atoms with Crippen molar-refractivity contribution in [2.24, 2.45) is 9.98 Å². The molecule has 0 bridgehead atoms. The largest absolute Gasteiger partial charge is 0.324 e. The molecule has 1 atom stereocenters. The van der Waals surface area contributed by atoms with Crippen molar-refractivity contribution >= 4 is 50.2 Å². The molecular formula is C49H44N4. The maximum Gasteiger partial charge on any atom is 0.169 e. The molecule has 0 spiro atoms. The molecule has 0 radical (unpaired) electrons. The van der Waals surface area contributed by atoms with Crippen LogP contribution in [0.15, 0.2) is 137 Å². The third kappa shape index (κ3) is 5.18. The first-order valence-corrected chi connectivity index (χ1v) is 19.1. The zero-order chi connectivity index (χ0) is 35.9. The number of fused-ring (bicyclic) bond motifs is 7. The Labute approximate surface area is 311 Å². The van der Waals surface area contributed by atoms with Crippen LogP contribution >= 0.6 is 0 Å². The number of hydrogen-bond acceptors (Lipinski definition) is 3. The first-order valence-electron chi connectivity index (χ1n) is 19.1. The lowest BCUT2D eigenvalue weighted by Crippen LogP contribution is -2.36. The van der Waals surface area contributed by atoms with Gasteiger partial charge in [-0.3, -0.25) is 0 Å². The molecule has 6 aromatic carbocycles. The number of rotatable bonds is 4. The number of aliphatic imine (C=N–C) groups is 2. The van der Waals surface area contributed by atoms with Crippen molar-refractivity contribution < 1.29 is 0 Å². The summed E-state index contributed by atoms with van der Waals surface area (Å²) in [6, 6.07) is 43.9. The van der Waals surface area contributed by atoms with E-state index in [2.05, 4.69) is 165 Å². The van der Waals surface area contributed by atoms with E-state index >= 15 is 0 Å². The van der Waals surface area contributed by atoms with Gasteiger partial charge in [0.25, 0.3) is 0 Å². The molecule has 10 rings (SSSR count). The number of aryl methyl sites for hydroxylation is 1. The quantitative estimate of drug-likeness (QED) is 0.196. The van der Waals surface area contributed by atoms with E-state index in [1.807, 2.05) is 6.07 Å². The van der Waals surface area contributed by atoms with Gasteiger partial charge in [0.1, 0.15) is 11.7 Å². The fraction of sp³-hybridized carbons (Fsp3) is 0.224. The molecule has 2 heterocycles. The number of benzene rings is 6. The summed E-state index contributed by atoms with van der Waals surface area (Å²) in [5, 5.41) is 9.79. The second-order valence-corrected chi connectivity index (χ2v) is 16.4. The second kappa shape index (κ2) is 11.9. The van der Waals surface area contributed by atoms with E-state index in [1.54, 1.807) is 0 Å². The highest BCUT2D eigenvalue weighted by Crippen LogP contribution is 2.50. The molecule has 260 valence electrons. The van der Waals surface area contributed by atoms with Gasteiger partial charge in [-0.1, -0.05) is 137 Å². The summed E-state index contributed by atoms with van der Waals surface area (Å²) in [5.41, 5.74) is 11.8. The topological polar surface area (TPSA) is 41.7 Å². The maximum absolute atomic E-state index is 5.31. The predicted octanol–water partition coefficient (Wildman–Crippen LogP) is 11.7. The van der Waals surface area contributed by atoms with Gasteiger partial charge in [-0.05, 0) is 105 Å². The molecule has 3 aliphatic rings. The monoisotopic (exact) mass is 688 g/mol. The summed E-state index contributed by atoms with van der Waals surface area (Å²) in [6.45, 7) is 9.77. The molecule has 0 saturated heterocycles. The number of nitrogens with zero attached hydrogens (tertiary/aromatic N) is 3. The summed E-state index contributed by atoms with van der Waals surface area (Å²) in [6.07, 6.45) is 8.86. The summed E-state index contributed by atoms with van der Waals surface area (Å²) < 4.78 is 2.58. The summed E-state index contributed by atoms with van der Waals surface area (Å²) in [7, 11) is 0. The molecule has 4 nitrogen and oxygen atoms in total. The van der Waals surface area contributed by atoms with Crippen LogP contribution in [-0.4, -0.2) is 16.2 Å². The van der Waals surface area contributed by atoms with Gasteiger partial charge < -0.3 is 9.88 Å². The zero-order valence-corrected chi connectivity index (χ0v) is 30.9. The van der Waals surface area contributed by atoms with Crippen LogP contribution in [-0.2, 0) is 17.3 Å². The fourth-order valence-corrected chi connectivity index (χ4v) is 9.19. The van der Waals surface area contributed by atoms with Crippen molar-refractivity contribution in [2.75, 3.05) is 0 Å². The van der Waals surface area contributed by atoms with Gasteiger partial charge in [0.2, 0.25) is 0 Å². The predicted molar refractivity (Wildman–Crippen MR) is 223 cm³/mol. The number of nitrogens with one attached hydrogen (secondary N) is 1. The van der Waals surface area contributed by atoms with E-state index in [9.17, 15) is 0 Å². The molecule has 7 aromatic rings. The fourth-order valence-electron chi connectivity index (χ4n) is 9.19. The molecule has 0 amide bonds. The van der Waals surface area contributed by atoms with Crippen molar-refractivity contribution in [3.05, 3.63) is 166 Å². The minimum Gasteiger partial charge on any atom is -0.324 e. The molecule has 4 heteroatoms. The Morgan fingerprint density at radius 3 is 2.32 bits per heavy atom. The lowest BCUT2D eigenvalue weighted by atomic mass is 9.62. The standard InChI is InChI=1S/C49H44N4/c1-48(2)27-28-49(3,4)43-41(48)26-25-39-38-18-10-11-20-42(38)53(44(39)43)36-24-23-31-21-22-34(29-35(31)30-36)46-50-45(33-14-6-5-7-15-33)51-47(52-46)40-19-12-16-32-13-8-9-17-37(32)40/h5-9,11-17,19-26,29-30,46H,10,18,27-28H2,1-4H3,(H,50,51,52). The number of hydrogen-bond donors (Lipinski definition) is 1. The van der Waals surface area contributed by atoms with Gasteiger partial charge in [-0.25, -0.2) is 9.98 Å². The highest BCUT2D eigenvalue weighted by Gasteiger charge is 2.40. The van der Waals surface area contributed by atoms with Crippen LogP contribution in [0.25, 0.3) is 44.2 Å². The molecule has 53 heavy (non-hydrogen) atoms. The number of aromatic nitrogens is 1. The number of allylic oxidation sites excluding steroid dienone is 1. The van der Waals surface area contributed by atoms with E-state index in [1.165, 1.54) is 73.4 Å². The normalized spacial score (nSPS) is 18.7. The molecule has 1 unspecified atom stereocenters. The van der Waals surface area contributed by atoms with Gasteiger partial charge >= 0.3 is 0 Å². The molecular weight excluding hydrogens is 645 g/mol. The lowest BCUT2D eigenvalue weighted by molar-refractivity contribution is 0.334. The third-order valence-electron chi connectivity index (χ3n) is 12.1. The van der Waals surface area contributed by atoms with Gasteiger partial charge in [0, 0.05) is 27.9 Å². The molecule has 1 aliphatic heterocycles. The smallest absolute Gasteiger partial charge is 0.169 e. The van der Waals surface area contributed by atoms with Gasteiger partial charge in [-0.2, -0.15) is 0 Å². The molecule has 1 aromatic heterocycles. The van der Waals surface area contributed by atoms with E-state index < -0.39 is 6.17 Å². The highest BCUT2D eigenvalue weighted by molar-refractivity contribution is 6.19. The Balaban J connectivity index is 1.15. The first kappa shape index (κ1) is 32.0. The number of amidine groups is 2. The van der Waals surface area contributed by atoms with Crippen LogP contribution in [0.1, 0.15) is 92.2 Å².